The number of pyridine rings is 1. The fourth-order valence-electron chi connectivity index (χ4n) is 1.54. The SMILES string of the molecule is C.C.C=Cc1ccc2c(c1)OCO2.C=Cc1ccccn1. The van der Waals surface area contributed by atoms with Gasteiger partial charge in [0.25, 0.3) is 0 Å². The Morgan fingerprint density at radius 3 is 2.29 bits per heavy atom. The Morgan fingerprint density at radius 1 is 0.952 bits per heavy atom. The van der Waals surface area contributed by atoms with Crippen LogP contribution in [0.1, 0.15) is 26.1 Å². The standard InChI is InChI=1S/C9H8O2.C7H7N.2CH4/c1-2-7-3-4-8-9(5-7)11-6-10-8;1-2-7-5-3-4-6-8-7;;/h2-5H,1,6H2;2-6H,1H2;2*1H4. The molecule has 2 aromatic rings. The summed E-state index contributed by atoms with van der Waals surface area (Å²) in [6.07, 6.45) is 5.25. The van der Waals surface area contributed by atoms with E-state index in [1.165, 1.54) is 0 Å². The number of hydrogen-bond donors (Lipinski definition) is 0. The van der Waals surface area contributed by atoms with Crippen molar-refractivity contribution in [3.63, 3.8) is 0 Å². The minimum Gasteiger partial charge on any atom is -0.454 e. The van der Waals surface area contributed by atoms with Crippen LogP contribution >= 0.6 is 0 Å². The lowest BCUT2D eigenvalue weighted by molar-refractivity contribution is 0.174. The van der Waals surface area contributed by atoms with Crippen molar-refractivity contribution in [3.05, 3.63) is 67.0 Å². The van der Waals surface area contributed by atoms with Crippen LogP contribution in [0.15, 0.2) is 55.8 Å². The van der Waals surface area contributed by atoms with Crippen LogP contribution in [0.2, 0.25) is 0 Å². The molecule has 0 fully saturated rings. The molecule has 0 spiro atoms. The van der Waals surface area contributed by atoms with E-state index in [2.05, 4.69) is 18.1 Å². The second-order valence-corrected chi connectivity index (χ2v) is 3.78. The first-order valence-corrected chi connectivity index (χ1v) is 5.89. The van der Waals surface area contributed by atoms with Gasteiger partial charge in [0.05, 0.1) is 5.69 Å². The van der Waals surface area contributed by atoms with Crippen molar-refractivity contribution in [1.29, 1.82) is 0 Å². The van der Waals surface area contributed by atoms with Gasteiger partial charge in [-0.05, 0) is 35.9 Å². The van der Waals surface area contributed by atoms with Gasteiger partial charge in [0.15, 0.2) is 11.5 Å². The molecule has 0 amide bonds. The van der Waals surface area contributed by atoms with Crippen molar-refractivity contribution in [2.24, 2.45) is 0 Å². The van der Waals surface area contributed by atoms with Crippen molar-refractivity contribution >= 4 is 12.2 Å². The van der Waals surface area contributed by atoms with Gasteiger partial charge < -0.3 is 9.47 Å². The molecular weight excluding hydrogens is 262 g/mol. The van der Waals surface area contributed by atoms with Crippen molar-refractivity contribution < 1.29 is 9.47 Å². The lowest BCUT2D eigenvalue weighted by atomic mass is 10.2. The van der Waals surface area contributed by atoms with Crippen LogP contribution in [0, 0.1) is 0 Å². The molecule has 21 heavy (non-hydrogen) atoms. The van der Waals surface area contributed by atoms with Crippen molar-refractivity contribution in [1.82, 2.24) is 4.98 Å². The maximum Gasteiger partial charge on any atom is 0.231 e. The van der Waals surface area contributed by atoms with E-state index in [4.69, 9.17) is 9.47 Å². The highest BCUT2D eigenvalue weighted by Crippen LogP contribution is 2.32. The lowest BCUT2D eigenvalue weighted by Crippen LogP contribution is -1.92. The largest absolute Gasteiger partial charge is 0.454 e. The molecular formula is C18H23NO2. The van der Waals surface area contributed by atoms with E-state index < -0.39 is 0 Å². The fraction of sp³-hybridized carbons (Fsp3) is 0.167. The predicted octanol–water partition coefficient (Wildman–Crippen LogP) is 5.06. The Balaban J connectivity index is 0.000000363. The molecule has 0 N–H and O–H groups in total. The van der Waals surface area contributed by atoms with E-state index in [1.807, 2.05) is 36.4 Å². The molecule has 0 atom stereocenters. The van der Waals surface area contributed by atoms with Gasteiger partial charge >= 0.3 is 0 Å². The smallest absolute Gasteiger partial charge is 0.231 e. The molecule has 0 aliphatic carbocycles. The Morgan fingerprint density at radius 2 is 1.71 bits per heavy atom. The van der Waals surface area contributed by atoms with E-state index >= 15 is 0 Å². The predicted molar refractivity (Wildman–Crippen MR) is 90.4 cm³/mol. The first-order valence-electron chi connectivity index (χ1n) is 5.89. The highest BCUT2D eigenvalue weighted by molar-refractivity contribution is 5.55. The van der Waals surface area contributed by atoms with E-state index in [0.717, 1.165) is 22.8 Å². The molecule has 3 rings (SSSR count). The summed E-state index contributed by atoms with van der Waals surface area (Å²) >= 11 is 0. The molecule has 112 valence electrons. The topological polar surface area (TPSA) is 31.4 Å². The third kappa shape index (κ3) is 5.15. The first-order chi connectivity index (χ1) is 9.33. The summed E-state index contributed by atoms with van der Waals surface area (Å²) in [7, 11) is 0. The molecule has 3 heteroatoms. The third-order valence-electron chi connectivity index (χ3n) is 2.53. The number of hydrogen-bond acceptors (Lipinski definition) is 3. The number of fused-ring (bicyclic) bond motifs is 1. The van der Waals surface area contributed by atoms with Crippen LogP contribution in [-0.4, -0.2) is 11.8 Å². The summed E-state index contributed by atoms with van der Waals surface area (Å²) < 4.78 is 10.3. The Kier molecular flexibility index (Phi) is 8.23. The summed E-state index contributed by atoms with van der Waals surface area (Å²) in [5.74, 6) is 1.62. The van der Waals surface area contributed by atoms with Gasteiger partial charge in [-0.15, -0.1) is 0 Å². The number of aromatic nitrogens is 1. The van der Waals surface area contributed by atoms with Crippen LogP contribution in [-0.2, 0) is 0 Å². The van der Waals surface area contributed by atoms with Gasteiger partial charge in [-0.1, -0.05) is 46.2 Å². The van der Waals surface area contributed by atoms with E-state index in [9.17, 15) is 0 Å². The number of nitrogens with zero attached hydrogens (tertiary/aromatic N) is 1. The molecule has 0 radical (unpaired) electrons. The van der Waals surface area contributed by atoms with Gasteiger partial charge in [-0.3, -0.25) is 4.98 Å². The summed E-state index contributed by atoms with van der Waals surface area (Å²) in [6, 6.07) is 11.5. The van der Waals surface area contributed by atoms with Crippen LogP contribution < -0.4 is 9.47 Å². The molecule has 2 heterocycles. The van der Waals surface area contributed by atoms with E-state index in [-0.39, 0.29) is 14.9 Å². The Labute approximate surface area is 127 Å². The van der Waals surface area contributed by atoms with Gasteiger partial charge in [0.2, 0.25) is 6.79 Å². The summed E-state index contributed by atoms with van der Waals surface area (Å²) in [4.78, 5) is 3.98. The second-order valence-electron chi connectivity index (χ2n) is 3.78. The zero-order valence-corrected chi connectivity index (χ0v) is 10.6. The van der Waals surface area contributed by atoms with Gasteiger partial charge in [-0.2, -0.15) is 0 Å². The lowest BCUT2D eigenvalue weighted by Gasteiger charge is -1.95. The Hall–Kier alpha value is -2.55. The van der Waals surface area contributed by atoms with E-state index in [0.29, 0.717) is 6.79 Å². The normalized spacial score (nSPS) is 10.1. The van der Waals surface area contributed by atoms with E-state index in [1.54, 1.807) is 18.3 Å². The quantitative estimate of drug-likeness (QED) is 0.773. The summed E-state index contributed by atoms with van der Waals surface area (Å²) in [5, 5.41) is 0. The highest BCUT2D eigenvalue weighted by Gasteiger charge is 2.11. The maximum absolute atomic E-state index is 5.17. The molecule has 0 bridgehead atoms. The number of rotatable bonds is 2. The molecule has 1 aliphatic rings. The zero-order chi connectivity index (χ0) is 13.5. The molecule has 1 aliphatic heterocycles. The zero-order valence-electron chi connectivity index (χ0n) is 10.6. The van der Waals surface area contributed by atoms with Gasteiger partial charge in [-0.25, -0.2) is 0 Å². The van der Waals surface area contributed by atoms with Crippen molar-refractivity contribution in [2.45, 2.75) is 14.9 Å². The molecule has 0 saturated carbocycles. The van der Waals surface area contributed by atoms with Crippen molar-refractivity contribution in [3.8, 4) is 11.5 Å². The van der Waals surface area contributed by atoms with Crippen LogP contribution in [0.4, 0.5) is 0 Å². The maximum atomic E-state index is 5.17. The second kappa shape index (κ2) is 9.37. The third-order valence-corrected chi connectivity index (χ3v) is 2.53. The average molecular weight is 285 g/mol. The summed E-state index contributed by atoms with van der Waals surface area (Å²) in [5.41, 5.74) is 1.97. The molecule has 1 aromatic carbocycles. The minimum absolute atomic E-state index is 0. The molecule has 0 unspecified atom stereocenters. The number of ether oxygens (including phenoxy) is 2. The monoisotopic (exact) mass is 285 g/mol. The highest BCUT2D eigenvalue weighted by atomic mass is 16.7. The fourth-order valence-corrected chi connectivity index (χ4v) is 1.54. The molecule has 0 saturated heterocycles. The number of benzene rings is 1. The van der Waals surface area contributed by atoms with Gasteiger partial charge in [0, 0.05) is 6.20 Å². The molecule has 3 nitrogen and oxygen atoms in total. The Bertz CT molecular complexity index is 565. The van der Waals surface area contributed by atoms with Crippen LogP contribution in [0.3, 0.4) is 0 Å². The van der Waals surface area contributed by atoms with Crippen LogP contribution in [0.5, 0.6) is 11.5 Å². The first kappa shape index (κ1) is 18.4. The average Bonchev–Trinajstić information content (AvgIpc) is 2.96. The minimum atomic E-state index is 0. The van der Waals surface area contributed by atoms with Crippen molar-refractivity contribution in [2.75, 3.05) is 6.79 Å². The van der Waals surface area contributed by atoms with Gasteiger partial charge in [0.1, 0.15) is 0 Å². The molecule has 1 aromatic heterocycles. The summed E-state index contributed by atoms with van der Waals surface area (Å²) in [6.45, 7) is 7.56. The van der Waals surface area contributed by atoms with Crippen LogP contribution in [0.25, 0.3) is 12.2 Å².